The third kappa shape index (κ3) is 3.78. The first kappa shape index (κ1) is 16.6. The van der Waals surface area contributed by atoms with Gasteiger partial charge in [0.25, 0.3) is 0 Å². The summed E-state index contributed by atoms with van der Waals surface area (Å²) in [6.45, 7) is 1.71. The maximum absolute atomic E-state index is 12.4. The number of amides is 1. The third-order valence-corrected chi connectivity index (χ3v) is 4.88. The predicted molar refractivity (Wildman–Crippen MR) is 77.5 cm³/mol. The van der Waals surface area contributed by atoms with Crippen LogP contribution in [0.1, 0.15) is 24.9 Å². The molecule has 1 atom stereocenters. The number of nitrogens with zero attached hydrogens (tertiary/aromatic N) is 1. The topological polar surface area (TPSA) is 92.5 Å². The highest BCUT2D eigenvalue weighted by atomic mass is 32.2. The largest absolute Gasteiger partial charge is 0.358 e. The van der Waals surface area contributed by atoms with E-state index in [1.54, 1.807) is 18.2 Å². The number of nitrogens with two attached hydrogens (primary N) is 1. The third-order valence-electron chi connectivity index (χ3n) is 3.08. The zero-order chi connectivity index (χ0) is 15.3. The number of nitrogens with one attached hydrogen (secondary N) is 1. The second-order valence-electron chi connectivity index (χ2n) is 4.52. The summed E-state index contributed by atoms with van der Waals surface area (Å²) in [5, 5.41) is 2.39. The molecule has 0 bridgehead atoms. The molecule has 1 unspecified atom stereocenters. The van der Waals surface area contributed by atoms with Crippen LogP contribution in [0.2, 0.25) is 0 Å². The molecule has 0 aliphatic carbocycles. The molecular formula is C13H21N3O3S. The molecule has 6 nitrogen and oxygen atoms in total. The second-order valence-corrected chi connectivity index (χ2v) is 6.57. The quantitative estimate of drug-likeness (QED) is 0.798. The Bertz CT molecular complexity index is 572. The van der Waals surface area contributed by atoms with Gasteiger partial charge in [-0.05, 0) is 24.1 Å². The first-order chi connectivity index (χ1) is 9.32. The van der Waals surface area contributed by atoms with Crippen LogP contribution in [0.5, 0.6) is 0 Å². The Hall–Kier alpha value is -1.44. The molecule has 112 valence electrons. The van der Waals surface area contributed by atoms with Gasteiger partial charge in [-0.25, -0.2) is 8.42 Å². The van der Waals surface area contributed by atoms with Crippen molar-refractivity contribution in [2.75, 3.05) is 20.6 Å². The number of likely N-dealkylation sites (N-methyl/N-ethyl adjacent to an activating group) is 2. The van der Waals surface area contributed by atoms with E-state index in [9.17, 15) is 13.2 Å². The Morgan fingerprint density at radius 1 is 1.45 bits per heavy atom. The first-order valence-electron chi connectivity index (χ1n) is 6.35. The van der Waals surface area contributed by atoms with Crippen LogP contribution in [0.4, 0.5) is 0 Å². The van der Waals surface area contributed by atoms with Crippen molar-refractivity contribution in [3.8, 4) is 0 Å². The van der Waals surface area contributed by atoms with Gasteiger partial charge >= 0.3 is 0 Å². The zero-order valence-electron chi connectivity index (χ0n) is 12.0. The van der Waals surface area contributed by atoms with Gasteiger partial charge in [0.1, 0.15) is 0 Å². The molecule has 0 radical (unpaired) electrons. The molecule has 0 heterocycles. The van der Waals surface area contributed by atoms with Crippen molar-refractivity contribution in [1.82, 2.24) is 9.62 Å². The lowest BCUT2D eigenvalue weighted by Crippen LogP contribution is -2.36. The standard InChI is InChI=1S/C13H21N3O3S/c1-4-12(14)10-6-5-7-11(8-10)20(18,19)16(3)9-13(17)15-2/h5-8,12H,4,9,14H2,1-3H3,(H,15,17). The number of benzene rings is 1. The van der Waals surface area contributed by atoms with E-state index in [4.69, 9.17) is 5.73 Å². The lowest BCUT2D eigenvalue weighted by atomic mass is 10.1. The fourth-order valence-corrected chi connectivity index (χ4v) is 2.87. The number of hydrogen-bond donors (Lipinski definition) is 2. The fourth-order valence-electron chi connectivity index (χ4n) is 1.69. The van der Waals surface area contributed by atoms with E-state index < -0.39 is 10.0 Å². The van der Waals surface area contributed by atoms with Gasteiger partial charge in [0, 0.05) is 20.1 Å². The van der Waals surface area contributed by atoms with Gasteiger partial charge in [0.05, 0.1) is 11.4 Å². The minimum absolute atomic E-state index is 0.144. The molecule has 1 aromatic rings. The van der Waals surface area contributed by atoms with Crippen molar-refractivity contribution in [3.05, 3.63) is 29.8 Å². The minimum atomic E-state index is -3.69. The van der Waals surface area contributed by atoms with Gasteiger partial charge < -0.3 is 11.1 Å². The molecule has 0 spiro atoms. The van der Waals surface area contributed by atoms with Crippen LogP contribution in [0.15, 0.2) is 29.2 Å². The maximum atomic E-state index is 12.4. The van der Waals surface area contributed by atoms with E-state index in [2.05, 4.69) is 5.32 Å². The lowest BCUT2D eigenvalue weighted by Gasteiger charge is -2.17. The van der Waals surface area contributed by atoms with Crippen LogP contribution in [-0.2, 0) is 14.8 Å². The highest BCUT2D eigenvalue weighted by Crippen LogP contribution is 2.20. The molecule has 1 aromatic carbocycles. The zero-order valence-corrected chi connectivity index (χ0v) is 12.8. The molecule has 0 saturated heterocycles. The summed E-state index contributed by atoms with van der Waals surface area (Å²) in [4.78, 5) is 11.4. The smallest absolute Gasteiger partial charge is 0.243 e. The molecule has 0 aromatic heterocycles. The molecular weight excluding hydrogens is 278 g/mol. The Labute approximate surface area is 120 Å². The molecule has 1 amide bonds. The summed E-state index contributed by atoms with van der Waals surface area (Å²) >= 11 is 0. The summed E-state index contributed by atoms with van der Waals surface area (Å²) < 4.78 is 25.7. The Morgan fingerprint density at radius 3 is 2.65 bits per heavy atom. The Balaban J connectivity index is 3.06. The molecule has 3 N–H and O–H groups in total. The monoisotopic (exact) mass is 299 g/mol. The average molecular weight is 299 g/mol. The van der Waals surface area contributed by atoms with E-state index in [1.807, 2.05) is 6.92 Å². The number of sulfonamides is 1. The van der Waals surface area contributed by atoms with E-state index in [1.165, 1.54) is 20.2 Å². The highest BCUT2D eigenvalue weighted by molar-refractivity contribution is 7.89. The summed E-state index contributed by atoms with van der Waals surface area (Å²) in [5.41, 5.74) is 6.68. The van der Waals surface area contributed by atoms with Crippen LogP contribution in [0, 0.1) is 0 Å². The van der Waals surface area contributed by atoms with Crippen molar-refractivity contribution in [2.45, 2.75) is 24.3 Å². The van der Waals surface area contributed by atoms with E-state index in [0.717, 1.165) is 16.3 Å². The lowest BCUT2D eigenvalue weighted by molar-refractivity contribution is -0.120. The molecule has 0 aliphatic heterocycles. The molecule has 20 heavy (non-hydrogen) atoms. The van der Waals surface area contributed by atoms with Gasteiger partial charge in [-0.3, -0.25) is 4.79 Å². The van der Waals surface area contributed by atoms with Gasteiger partial charge in [-0.15, -0.1) is 0 Å². The SMILES string of the molecule is CCC(N)c1cccc(S(=O)(=O)N(C)CC(=O)NC)c1. The molecule has 1 rings (SSSR count). The average Bonchev–Trinajstić information content (AvgIpc) is 2.46. The summed E-state index contributed by atoms with van der Waals surface area (Å²) in [7, 11) is -0.857. The maximum Gasteiger partial charge on any atom is 0.243 e. The van der Waals surface area contributed by atoms with Crippen LogP contribution >= 0.6 is 0 Å². The second kappa shape index (κ2) is 6.83. The molecule has 0 aliphatic rings. The number of rotatable bonds is 6. The van der Waals surface area contributed by atoms with Crippen LogP contribution < -0.4 is 11.1 Å². The van der Waals surface area contributed by atoms with E-state index >= 15 is 0 Å². The highest BCUT2D eigenvalue weighted by Gasteiger charge is 2.23. The molecule has 0 saturated carbocycles. The summed E-state index contributed by atoms with van der Waals surface area (Å²) in [6, 6.07) is 6.32. The van der Waals surface area contributed by atoms with Crippen LogP contribution in [0.25, 0.3) is 0 Å². The van der Waals surface area contributed by atoms with Gasteiger partial charge in [-0.2, -0.15) is 4.31 Å². The molecule has 0 fully saturated rings. The number of carbonyl (C=O) groups excluding carboxylic acids is 1. The number of carbonyl (C=O) groups is 1. The Morgan fingerprint density at radius 2 is 2.10 bits per heavy atom. The van der Waals surface area contributed by atoms with E-state index in [-0.39, 0.29) is 23.4 Å². The normalized spacial score (nSPS) is 13.2. The minimum Gasteiger partial charge on any atom is -0.358 e. The van der Waals surface area contributed by atoms with Crippen molar-refractivity contribution in [2.24, 2.45) is 5.73 Å². The van der Waals surface area contributed by atoms with Crippen LogP contribution in [0.3, 0.4) is 0 Å². The van der Waals surface area contributed by atoms with Crippen molar-refractivity contribution in [1.29, 1.82) is 0 Å². The molecule has 7 heteroatoms. The van der Waals surface area contributed by atoms with Crippen molar-refractivity contribution >= 4 is 15.9 Å². The summed E-state index contributed by atoms with van der Waals surface area (Å²) in [6.07, 6.45) is 0.720. The first-order valence-corrected chi connectivity index (χ1v) is 7.79. The Kier molecular flexibility index (Phi) is 5.67. The van der Waals surface area contributed by atoms with Crippen molar-refractivity contribution < 1.29 is 13.2 Å². The summed E-state index contributed by atoms with van der Waals surface area (Å²) in [5.74, 6) is -0.363. The van der Waals surface area contributed by atoms with Gasteiger partial charge in [0.2, 0.25) is 15.9 Å². The predicted octanol–water partition coefficient (Wildman–Crippen LogP) is 0.463. The van der Waals surface area contributed by atoms with E-state index in [0.29, 0.717) is 0 Å². The van der Waals surface area contributed by atoms with Gasteiger partial charge in [-0.1, -0.05) is 19.1 Å². The number of hydrogen-bond acceptors (Lipinski definition) is 4. The van der Waals surface area contributed by atoms with Crippen LogP contribution in [-0.4, -0.2) is 39.3 Å². The fraction of sp³-hybridized carbons (Fsp3) is 0.462. The van der Waals surface area contributed by atoms with Crippen molar-refractivity contribution in [3.63, 3.8) is 0 Å². The van der Waals surface area contributed by atoms with Gasteiger partial charge in [0.15, 0.2) is 0 Å².